The van der Waals surface area contributed by atoms with Crippen molar-refractivity contribution >= 4 is 0 Å². The minimum absolute atomic E-state index is 0.363. The van der Waals surface area contributed by atoms with E-state index in [9.17, 15) is 13.2 Å². The second kappa shape index (κ2) is 2.82. The summed E-state index contributed by atoms with van der Waals surface area (Å²) >= 11 is 0. The van der Waals surface area contributed by atoms with E-state index in [0.717, 1.165) is 11.1 Å². The molecule has 1 rings (SSSR count). The van der Waals surface area contributed by atoms with Crippen molar-refractivity contribution in [2.75, 3.05) is 0 Å². The Bertz CT molecular complexity index is 303. The van der Waals surface area contributed by atoms with Crippen LogP contribution >= 0.6 is 0 Å². The molecule has 13 heavy (non-hydrogen) atoms. The molecule has 1 aromatic rings. The van der Waals surface area contributed by atoms with E-state index in [-0.39, 0.29) is 0 Å². The summed E-state index contributed by atoms with van der Waals surface area (Å²) in [5.41, 5.74) is 1.78. The fraction of sp³-hybridized carbons (Fsp3) is 0.500. The molecule has 0 atom stereocenters. The number of halogens is 3. The zero-order valence-corrected chi connectivity index (χ0v) is 8.13. The second-order valence-corrected chi connectivity index (χ2v) is 3.37. The van der Waals surface area contributed by atoms with Gasteiger partial charge in [0, 0.05) is 0 Å². The topological polar surface area (TPSA) is 0 Å². The van der Waals surface area contributed by atoms with Crippen molar-refractivity contribution in [1.29, 1.82) is 0 Å². The van der Waals surface area contributed by atoms with Crippen molar-refractivity contribution in [3.05, 3.63) is 27.8 Å². The Morgan fingerprint density at radius 1 is 1.00 bits per heavy atom. The lowest BCUT2D eigenvalue weighted by Gasteiger charge is -2.16. The van der Waals surface area contributed by atoms with E-state index in [1.807, 2.05) is 0 Å². The standard InChI is InChI=1S/C10H12F3/c1-5-6(2)8(4)9(7(5)3)10(11,12)13/h1-4H3/q-1. The van der Waals surface area contributed by atoms with Crippen LogP contribution < -0.4 is 0 Å². The highest BCUT2D eigenvalue weighted by Crippen LogP contribution is 2.38. The molecule has 0 radical (unpaired) electrons. The van der Waals surface area contributed by atoms with Gasteiger partial charge in [-0.3, -0.25) is 0 Å². The normalized spacial score (nSPS) is 12.2. The largest absolute Gasteiger partial charge is 0.361 e. The van der Waals surface area contributed by atoms with Gasteiger partial charge < -0.3 is 0 Å². The molecular formula is C10H12F3-. The van der Waals surface area contributed by atoms with Crippen LogP contribution in [0.2, 0.25) is 0 Å². The van der Waals surface area contributed by atoms with Gasteiger partial charge in [0.15, 0.2) is 0 Å². The first kappa shape index (κ1) is 10.2. The van der Waals surface area contributed by atoms with E-state index in [1.54, 1.807) is 13.8 Å². The van der Waals surface area contributed by atoms with Crippen molar-refractivity contribution in [3.63, 3.8) is 0 Å². The molecule has 0 nitrogen and oxygen atoms in total. The van der Waals surface area contributed by atoms with E-state index in [2.05, 4.69) is 0 Å². The molecule has 0 saturated heterocycles. The molecule has 0 bridgehead atoms. The Morgan fingerprint density at radius 2 is 1.46 bits per heavy atom. The molecule has 0 aliphatic heterocycles. The monoisotopic (exact) mass is 189 g/mol. The van der Waals surface area contributed by atoms with Gasteiger partial charge in [0.1, 0.15) is 0 Å². The summed E-state index contributed by atoms with van der Waals surface area (Å²) in [5, 5.41) is 0. The molecule has 0 unspecified atom stereocenters. The highest BCUT2D eigenvalue weighted by molar-refractivity contribution is 5.50. The van der Waals surface area contributed by atoms with Gasteiger partial charge in [0.25, 0.3) is 0 Å². The van der Waals surface area contributed by atoms with E-state index in [1.165, 1.54) is 13.8 Å². The maximum Gasteiger partial charge on any atom is 0.361 e. The highest BCUT2D eigenvalue weighted by atomic mass is 19.4. The minimum Gasteiger partial charge on any atom is -0.187 e. The maximum atomic E-state index is 12.5. The Kier molecular flexibility index (Phi) is 2.22. The van der Waals surface area contributed by atoms with Gasteiger partial charge in [-0.2, -0.15) is 35.4 Å². The van der Waals surface area contributed by atoms with Crippen molar-refractivity contribution in [2.45, 2.75) is 33.9 Å². The van der Waals surface area contributed by atoms with Crippen LogP contribution in [0, 0.1) is 27.7 Å². The number of rotatable bonds is 0. The van der Waals surface area contributed by atoms with Crippen LogP contribution in [-0.4, -0.2) is 0 Å². The fourth-order valence-electron chi connectivity index (χ4n) is 1.64. The fourth-order valence-corrected chi connectivity index (χ4v) is 1.64. The molecule has 0 fully saturated rings. The first-order valence-corrected chi connectivity index (χ1v) is 4.07. The Morgan fingerprint density at radius 3 is 1.62 bits per heavy atom. The summed E-state index contributed by atoms with van der Waals surface area (Å²) < 4.78 is 37.5. The minimum atomic E-state index is -4.22. The van der Waals surface area contributed by atoms with Gasteiger partial charge in [-0.05, 0) is 0 Å². The Hall–Kier alpha value is -0.860. The molecule has 0 heterocycles. The zero-order valence-electron chi connectivity index (χ0n) is 8.13. The molecule has 0 aliphatic carbocycles. The Labute approximate surface area is 75.7 Å². The van der Waals surface area contributed by atoms with Crippen molar-refractivity contribution in [2.24, 2.45) is 0 Å². The average Bonchev–Trinajstić information content (AvgIpc) is 2.14. The Balaban J connectivity index is 3.47. The lowest BCUT2D eigenvalue weighted by molar-refractivity contribution is -0.138. The molecule has 0 aliphatic rings. The molecule has 3 heteroatoms. The van der Waals surface area contributed by atoms with Gasteiger partial charge >= 0.3 is 6.18 Å². The van der Waals surface area contributed by atoms with Crippen molar-refractivity contribution in [3.8, 4) is 0 Å². The van der Waals surface area contributed by atoms with Crippen LogP contribution in [0.25, 0.3) is 0 Å². The molecule has 0 aromatic heterocycles. The molecule has 0 N–H and O–H groups in total. The molecule has 0 amide bonds. The molecule has 1 aromatic carbocycles. The summed E-state index contributed by atoms with van der Waals surface area (Å²) in [6, 6.07) is 0. The third-order valence-electron chi connectivity index (χ3n) is 2.72. The summed E-state index contributed by atoms with van der Waals surface area (Å²) in [6.07, 6.45) is -4.22. The summed E-state index contributed by atoms with van der Waals surface area (Å²) in [4.78, 5) is 0. The van der Waals surface area contributed by atoms with Crippen LogP contribution in [0.4, 0.5) is 13.2 Å². The number of hydrogen-bond acceptors (Lipinski definition) is 0. The average molecular weight is 189 g/mol. The molecule has 0 saturated carbocycles. The number of alkyl halides is 3. The summed E-state index contributed by atoms with van der Waals surface area (Å²) in [7, 11) is 0. The van der Waals surface area contributed by atoms with Gasteiger partial charge in [-0.25, -0.2) is 0 Å². The lowest BCUT2D eigenvalue weighted by Crippen LogP contribution is -2.07. The quantitative estimate of drug-likeness (QED) is 0.546. The van der Waals surface area contributed by atoms with E-state index < -0.39 is 11.7 Å². The molecule has 74 valence electrons. The maximum absolute atomic E-state index is 12.5. The van der Waals surface area contributed by atoms with Crippen LogP contribution in [-0.2, 0) is 6.18 Å². The van der Waals surface area contributed by atoms with Crippen LogP contribution in [0.15, 0.2) is 0 Å². The van der Waals surface area contributed by atoms with E-state index >= 15 is 0 Å². The zero-order chi connectivity index (χ0) is 10.4. The first-order chi connectivity index (χ1) is 5.76. The van der Waals surface area contributed by atoms with Gasteiger partial charge in [0.05, 0.1) is 0 Å². The summed E-state index contributed by atoms with van der Waals surface area (Å²) in [5.74, 6) is 0. The third kappa shape index (κ3) is 1.47. The highest BCUT2D eigenvalue weighted by Gasteiger charge is 2.28. The predicted octanol–water partition coefficient (Wildman–Crippen LogP) is 3.66. The van der Waals surface area contributed by atoms with Gasteiger partial charge in [0.2, 0.25) is 0 Å². The van der Waals surface area contributed by atoms with Crippen molar-refractivity contribution in [1.82, 2.24) is 0 Å². The third-order valence-corrected chi connectivity index (χ3v) is 2.72. The van der Waals surface area contributed by atoms with Crippen LogP contribution in [0.3, 0.4) is 0 Å². The molecular weight excluding hydrogens is 177 g/mol. The molecule has 0 spiro atoms. The van der Waals surface area contributed by atoms with Gasteiger partial charge in [-0.15, -0.1) is 0 Å². The van der Waals surface area contributed by atoms with Gasteiger partial charge in [-0.1, -0.05) is 33.3 Å². The second-order valence-electron chi connectivity index (χ2n) is 3.37. The lowest BCUT2D eigenvalue weighted by atomic mass is 10.1. The first-order valence-electron chi connectivity index (χ1n) is 4.07. The predicted molar refractivity (Wildman–Crippen MR) is 46.0 cm³/mol. The van der Waals surface area contributed by atoms with Crippen molar-refractivity contribution < 1.29 is 13.2 Å². The SMILES string of the molecule is Cc1c(C(F)(F)F)c(C)[c-](C)c1C. The smallest absolute Gasteiger partial charge is 0.187 e. The van der Waals surface area contributed by atoms with Crippen LogP contribution in [0.5, 0.6) is 0 Å². The van der Waals surface area contributed by atoms with E-state index in [4.69, 9.17) is 0 Å². The van der Waals surface area contributed by atoms with E-state index in [0.29, 0.717) is 11.1 Å². The summed E-state index contributed by atoms with van der Waals surface area (Å²) in [6.45, 7) is 6.51. The number of hydrogen-bond donors (Lipinski definition) is 0. The van der Waals surface area contributed by atoms with Crippen LogP contribution in [0.1, 0.15) is 27.8 Å².